The van der Waals surface area contributed by atoms with Gasteiger partial charge in [0, 0.05) is 35.7 Å². The standard InChI is InChI=1S/C26H27NO5/c1-16-23(26(30)32-14-13-17-7-4-3-5-8-17)24(18-11-12-22(31-2)21(29)15-18)25-19(27-16)9-6-10-20(25)28/h3-5,7-8,11-12,15,23-24,29H,6,9-10,13-14H2,1-2H3/t23?,24-/m0/s1. The molecular weight excluding hydrogens is 406 g/mol. The SMILES string of the molecule is COc1ccc([C@@H]2C3=C(CCCC3=O)N=C(C)C2C(=O)OCCc2ccccc2)cc1O. The van der Waals surface area contributed by atoms with E-state index in [1.165, 1.54) is 7.11 Å². The molecule has 0 bridgehead atoms. The number of carbonyl (C=O) groups excluding carboxylic acids is 2. The first kappa shape index (κ1) is 21.8. The number of aliphatic imine (C=N–C) groups is 1. The molecule has 0 aromatic heterocycles. The summed E-state index contributed by atoms with van der Waals surface area (Å²) in [5, 5.41) is 10.4. The van der Waals surface area contributed by atoms with Crippen LogP contribution in [0.15, 0.2) is 64.8 Å². The monoisotopic (exact) mass is 433 g/mol. The van der Waals surface area contributed by atoms with Crippen LogP contribution in [0.1, 0.15) is 43.2 Å². The van der Waals surface area contributed by atoms with Gasteiger partial charge in [-0.05, 0) is 43.0 Å². The summed E-state index contributed by atoms with van der Waals surface area (Å²) in [5.74, 6) is -1.37. The van der Waals surface area contributed by atoms with Gasteiger partial charge >= 0.3 is 5.97 Å². The predicted octanol–water partition coefficient (Wildman–Crippen LogP) is 4.37. The van der Waals surface area contributed by atoms with E-state index in [4.69, 9.17) is 9.47 Å². The van der Waals surface area contributed by atoms with Crippen molar-refractivity contribution >= 4 is 17.5 Å². The number of esters is 1. The highest BCUT2D eigenvalue weighted by Gasteiger charge is 2.43. The third-order valence-corrected chi connectivity index (χ3v) is 6.13. The lowest BCUT2D eigenvalue weighted by Crippen LogP contribution is -2.37. The third kappa shape index (κ3) is 4.31. The van der Waals surface area contributed by atoms with Crippen LogP contribution in [0.3, 0.4) is 0 Å². The van der Waals surface area contributed by atoms with Crippen molar-refractivity contribution in [1.29, 1.82) is 0 Å². The van der Waals surface area contributed by atoms with Crippen LogP contribution < -0.4 is 4.74 Å². The van der Waals surface area contributed by atoms with Crippen molar-refractivity contribution in [3.8, 4) is 11.5 Å². The number of phenolic OH excluding ortho intramolecular Hbond substituents is 1. The van der Waals surface area contributed by atoms with E-state index >= 15 is 0 Å². The van der Waals surface area contributed by atoms with E-state index in [2.05, 4.69) is 4.99 Å². The van der Waals surface area contributed by atoms with Gasteiger partial charge in [0.05, 0.1) is 13.7 Å². The first-order valence-corrected chi connectivity index (χ1v) is 10.9. The zero-order valence-corrected chi connectivity index (χ0v) is 18.3. The predicted molar refractivity (Wildman–Crippen MR) is 121 cm³/mol. The summed E-state index contributed by atoms with van der Waals surface area (Å²) in [6.45, 7) is 2.05. The molecule has 2 atom stereocenters. The Kier molecular flexibility index (Phi) is 6.40. The van der Waals surface area contributed by atoms with Crippen LogP contribution in [0, 0.1) is 5.92 Å². The normalized spacial score (nSPS) is 20.4. The fourth-order valence-electron chi connectivity index (χ4n) is 4.58. The van der Waals surface area contributed by atoms with Gasteiger partial charge in [-0.3, -0.25) is 14.6 Å². The van der Waals surface area contributed by atoms with E-state index in [1.54, 1.807) is 18.2 Å². The molecule has 4 rings (SSSR count). The van der Waals surface area contributed by atoms with E-state index in [-0.39, 0.29) is 18.1 Å². The molecule has 0 saturated heterocycles. The molecule has 0 fully saturated rings. The molecule has 0 spiro atoms. The van der Waals surface area contributed by atoms with E-state index in [0.29, 0.717) is 41.9 Å². The molecule has 2 aromatic rings. The number of hydrogen-bond acceptors (Lipinski definition) is 6. The Labute approximate surface area is 187 Å². The number of ether oxygens (including phenoxy) is 2. The van der Waals surface area contributed by atoms with Gasteiger partial charge in [0.1, 0.15) is 5.92 Å². The summed E-state index contributed by atoms with van der Waals surface area (Å²) >= 11 is 0. The molecule has 6 nitrogen and oxygen atoms in total. The Morgan fingerprint density at radius 2 is 1.94 bits per heavy atom. The van der Waals surface area contributed by atoms with Gasteiger partial charge in [-0.25, -0.2) is 0 Å². The lowest BCUT2D eigenvalue weighted by molar-refractivity contribution is -0.146. The molecule has 2 aromatic carbocycles. The largest absolute Gasteiger partial charge is 0.504 e. The number of allylic oxidation sites excluding steroid dienone is 2. The van der Waals surface area contributed by atoms with Crippen molar-refractivity contribution in [2.45, 2.75) is 38.5 Å². The van der Waals surface area contributed by atoms with Gasteiger partial charge in [0.25, 0.3) is 0 Å². The Balaban J connectivity index is 1.65. The maximum Gasteiger partial charge on any atom is 0.315 e. The van der Waals surface area contributed by atoms with Gasteiger partial charge in [0.15, 0.2) is 17.3 Å². The number of hydrogen-bond donors (Lipinski definition) is 1. The maximum absolute atomic E-state index is 13.2. The molecule has 32 heavy (non-hydrogen) atoms. The van der Waals surface area contributed by atoms with Crippen molar-refractivity contribution < 1.29 is 24.2 Å². The topological polar surface area (TPSA) is 85.2 Å². The van der Waals surface area contributed by atoms with Gasteiger partial charge < -0.3 is 14.6 Å². The highest BCUT2D eigenvalue weighted by Crippen LogP contribution is 2.45. The third-order valence-electron chi connectivity index (χ3n) is 6.13. The van der Waals surface area contributed by atoms with Gasteiger partial charge in [0.2, 0.25) is 0 Å². The lowest BCUT2D eigenvalue weighted by Gasteiger charge is -2.34. The van der Waals surface area contributed by atoms with Crippen LogP contribution in [0.4, 0.5) is 0 Å². The molecule has 1 heterocycles. The molecule has 0 saturated carbocycles. The van der Waals surface area contributed by atoms with E-state index in [9.17, 15) is 14.7 Å². The smallest absolute Gasteiger partial charge is 0.315 e. The highest BCUT2D eigenvalue weighted by molar-refractivity contribution is 6.08. The van der Waals surface area contributed by atoms with Crippen molar-refractivity contribution in [3.05, 3.63) is 70.9 Å². The van der Waals surface area contributed by atoms with E-state index in [1.807, 2.05) is 37.3 Å². The van der Waals surface area contributed by atoms with Crippen LogP contribution in [0.5, 0.6) is 11.5 Å². The first-order valence-electron chi connectivity index (χ1n) is 10.9. The van der Waals surface area contributed by atoms with Crippen LogP contribution in [0.2, 0.25) is 0 Å². The average Bonchev–Trinajstić information content (AvgIpc) is 2.79. The second kappa shape index (κ2) is 9.39. The van der Waals surface area contributed by atoms with Crippen molar-refractivity contribution in [2.75, 3.05) is 13.7 Å². The van der Waals surface area contributed by atoms with Crippen molar-refractivity contribution in [2.24, 2.45) is 10.9 Å². The fourth-order valence-corrected chi connectivity index (χ4v) is 4.58. The molecule has 0 amide bonds. The Morgan fingerprint density at radius 1 is 1.16 bits per heavy atom. The van der Waals surface area contributed by atoms with E-state index in [0.717, 1.165) is 17.7 Å². The number of ketones is 1. The Morgan fingerprint density at radius 3 is 2.66 bits per heavy atom. The maximum atomic E-state index is 13.2. The van der Waals surface area contributed by atoms with Crippen molar-refractivity contribution in [1.82, 2.24) is 0 Å². The summed E-state index contributed by atoms with van der Waals surface area (Å²) in [6.07, 6.45) is 2.49. The number of Topliss-reactive ketones (excluding diaryl/α,β-unsaturated/α-hetero) is 1. The summed E-state index contributed by atoms with van der Waals surface area (Å²) < 4.78 is 10.8. The second-order valence-corrected chi connectivity index (χ2v) is 8.18. The molecule has 1 N–H and O–H groups in total. The summed E-state index contributed by atoms with van der Waals surface area (Å²) in [6, 6.07) is 14.8. The molecule has 1 unspecified atom stereocenters. The summed E-state index contributed by atoms with van der Waals surface area (Å²) in [7, 11) is 1.48. The minimum Gasteiger partial charge on any atom is -0.504 e. The number of carbonyl (C=O) groups is 2. The molecule has 2 aliphatic rings. The number of rotatable bonds is 6. The Bertz CT molecular complexity index is 1090. The summed E-state index contributed by atoms with van der Waals surface area (Å²) in [4.78, 5) is 30.8. The van der Waals surface area contributed by atoms with Crippen LogP contribution in [-0.4, -0.2) is 36.3 Å². The van der Waals surface area contributed by atoms with Gasteiger partial charge in [-0.2, -0.15) is 0 Å². The molecular formula is C26H27NO5. The quantitative estimate of drug-likeness (QED) is 0.684. The summed E-state index contributed by atoms with van der Waals surface area (Å²) in [5.41, 5.74) is 3.69. The second-order valence-electron chi connectivity index (χ2n) is 8.18. The average molecular weight is 434 g/mol. The number of aromatic hydroxyl groups is 1. The number of phenols is 1. The van der Waals surface area contributed by atoms with Crippen LogP contribution >= 0.6 is 0 Å². The zero-order valence-electron chi connectivity index (χ0n) is 18.3. The molecule has 6 heteroatoms. The number of nitrogens with zero attached hydrogens (tertiary/aromatic N) is 1. The highest BCUT2D eigenvalue weighted by atomic mass is 16.5. The van der Waals surface area contributed by atoms with Gasteiger partial charge in [-0.1, -0.05) is 36.4 Å². The fraction of sp³-hybridized carbons (Fsp3) is 0.346. The van der Waals surface area contributed by atoms with Crippen molar-refractivity contribution in [3.63, 3.8) is 0 Å². The Hall–Kier alpha value is -3.41. The van der Waals surface area contributed by atoms with Crippen LogP contribution in [0.25, 0.3) is 0 Å². The number of benzene rings is 2. The van der Waals surface area contributed by atoms with Crippen LogP contribution in [-0.2, 0) is 20.7 Å². The molecule has 1 aliphatic carbocycles. The lowest BCUT2D eigenvalue weighted by atomic mass is 9.71. The zero-order chi connectivity index (χ0) is 22.7. The first-order chi connectivity index (χ1) is 15.5. The minimum atomic E-state index is -0.723. The molecule has 1 aliphatic heterocycles. The van der Waals surface area contributed by atoms with E-state index < -0.39 is 17.8 Å². The molecule has 166 valence electrons. The number of methoxy groups -OCH3 is 1. The minimum absolute atomic E-state index is 0.00453. The molecule has 0 radical (unpaired) electrons. The van der Waals surface area contributed by atoms with Gasteiger partial charge in [-0.15, -0.1) is 0 Å².